The standard InChI is InChI=1S/C57H91NO14/c1-35-19-15-14-16-20-36(2)47(66-11)33-43-24-22-41(7)57(65,72-43)53(62)54(63)58-26-18-17-21-44(58)55(64)71-48(34-45(59)37(3)30-40(6)51(61)52(68-13)50(60)39(5)29-35)38(4)31-42-23-25-46(49(32-42)67-12)69-27-28-70-56(8,9)10/h14-16,19-20,30,35,37-39,41-44,46-49,51-52,61,65H,17-18,21-29,31-34H2,1-13H3/b16-14?,19-15+,36-20?,40-30+/t35-,37-,38-,39-,41-,42?,43+,44+,46-,47+,48+,49-,51-,52+,57-/m1/s1. The number of aliphatic hydroxyl groups is 2. The molecule has 1 amide bonds. The lowest BCUT2D eigenvalue weighted by molar-refractivity contribution is -0.265. The smallest absolute Gasteiger partial charge is 0.329 e. The van der Waals surface area contributed by atoms with E-state index >= 15 is 0 Å². The van der Waals surface area contributed by atoms with Crippen molar-refractivity contribution in [2.45, 2.75) is 206 Å². The van der Waals surface area contributed by atoms with Crippen LogP contribution in [0.1, 0.15) is 146 Å². The van der Waals surface area contributed by atoms with Crippen molar-refractivity contribution in [3.05, 3.63) is 47.6 Å². The van der Waals surface area contributed by atoms with E-state index in [0.717, 1.165) is 18.4 Å². The first-order chi connectivity index (χ1) is 33.9. The maximum Gasteiger partial charge on any atom is 0.329 e. The monoisotopic (exact) mass is 1010 g/mol. The molecule has 0 radical (unpaired) electrons. The van der Waals surface area contributed by atoms with Crippen molar-refractivity contribution in [1.82, 2.24) is 4.90 Å². The lowest BCUT2D eigenvalue weighted by atomic mass is 9.78. The number of ether oxygens (including phenoxy) is 7. The summed E-state index contributed by atoms with van der Waals surface area (Å²) in [7, 11) is 4.65. The number of amides is 1. The molecule has 2 bridgehead atoms. The SMILES string of the molecule is CO[C@H]1C[C@@H]2CC[C@@H](C)[C@@](O)(O2)C(=O)C(=O)N2CCCC[C@H]2C(=O)O[C@H]([C@H](C)CC2CC[C@@H](OCCOC(C)(C)C)[C@H](OC)C2)CC(=O)[C@H](C)/C=C(\C)[C@@H](O)[C@@H](OC)C(=O)[C@H](C)C[C@H](C)/C=C/C=CC=C1C. The summed E-state index contributed by atoms with van der Waals surface area (Å²) < 4.78 is 42.0. The molecule has 15 heteroatoms. The second kappa shape index (κ2) is 28.5. The number of methoxy groups -OCH3 is 3. The largest absolute Gasteiger partial charge is 0.460 e. The number of hydrogen-bond donors (Lipinski definition) is 2. The highest BCUT2D eigenvalue weighted by Crippen LogP contribution is 2.38. The van der Waals surface area contributed by atoms with Crippen LogP contribution in [0.3, 0.4) is 0 Å². The van der Waals surface area contributed by atoms with Gasteiger partial charge in [0.25, 0.3) is 11.7 Å². The summed E-state index contributed by atoms with van der Waals surface area (Å²) in [5.41, 5.74) is 1.00. The minimum absolute atomic E-state index is 0.0176. The number of ketones is 3. The van der Waals surface area contributed by atoms with E-state index in [2.05, 4.69) is 0 Å². The number of hydrogen-bond acceptors (Lipinski definition) is 14. The van der Waals surface area contributed by atoms with Gasteiger partial charge >= 0.3 is 5.97 Å². The van der Waals surface area contributed by atoms with Crippen LogP contribution in [0, 0.1) is 35.5 Å². The van der Waals surface area contributed by atoms with Crippen molar-refractivity contribution in [2.24, 2.45) is 35.5 Å². The van der Waals surface area contributed by atoms with Crippen LogP contribution in [0.4, 0.5) is 0 Å². The number of aliphatic hydroxyl groups excluding tert-OH is 1. The van der Waals surface area contributed by atoms with Gasteiger partial charge in [-0.1, -0.05) is 71.1 Å². The molecular weight excluding hydrogens is 923 g/mol. The molecule has 0 aromatic carbocycles. The molecule has 1 unspecified atom stereocenters. The summed E-state index contributed by atoms with van der Waals surface area (Å²) >= 11 is 0. The molecule has 4 rings (SSSR count). The number of nitrogens with zero attached hydrogens (tertiary/aromatic N) is 1. The summed E-state index contributed by atoms with van der Waals surface area (Å²) in [6, 6.07) is -1.14. The summed E-state index contributed by atoms with van der Waals surface area (Å²) in [6.45, 7) is 19.8. The van der Waals surface area contributed by atoms with Gasteiger partial charge in [-0.05, 0) is 128 Å². The van der Waals surface area contributed by atoms with Gasteiger partial charge in [0.05, 0.1) is 43.2 Å². The first kappa shape index (κ1) is 61.1. The van der Waals surface area contributed by atoms with E-state index in [4.69, 9.17) is 33.2 Å². The van der Waals surface area contributed by atoms with Gasteiger partial charge < -0.3 is 48.3 Å². The van der Waals surface area contributed by atoms with E-state index < -0.39 is 77.8 Å². The van der Waals surface area contributed by atoms with E-state index in [1.54, 1.807) is 41.1 Å². The van der Waals surface area contributed by atoms with Gasteiger partial charge in [0.1, 0.15) is 30.1 Å². The Kier molecular flexibility index (Phi) is 24.2. The Morgan fingerprint density at radius 1 is 0.833 bits per heavy atom. The van der Waals surface area contributed by atoms with Gasteiger partial charge in [0, 0.05) is 58.5 Å². The molecule has 4 aliphatic rings. The molecule has 0 aromatic heterocycles. The molecule has 1 saturated carbocycles. The van der Waals surface area contributed by atoms with Crippen molar-refractivity contribution in [1.29, 1.82) is 0 Å². The second-order valence-corrected chi connectivity index (χ2v) is 22.4. The summed E-state index contributed by atoms with van der Waals surface area (Å²) in [4.78, 5) is 72.5. The van der Waals surface area contributed by atoms with Crippen molar-refractivity contribution in [3.63, 3.8) is 0 Å². The van der Waals surface area contributed by atoms with E-state index in [1.165, 1.54) is 12.0 Å². The fourth-order valence-corrected chi connectivity index (χ4v) is 10.8. The quantitative estimate of drug-likeness (QED) is 0.0925. The molecule has 72 heavy (non-hydrogen) atoms. The molecule has 0 spiro atoms. The highest BCUT2D eigenvalue weighted by Gasteiger charge is 2.53. The Balaban J connectivity index is 1.67. The third-order valence-electron chi connectivity index (χ3n) is 15.4. The zero-order valence-corrected chi connectivity index (χ0v) is 45.9. The fourth-order valence-electron chi connectivity index (χ4n) is 10.8. The van der Waals surface area contributed by atoms with Crippen molar-refractivity contribution in [2.75, 3.05) is 41.1 Å². The second-order valence-electron chi connectivity index (χ2n) is 22.4. The number of piperidine rings is 1. The summed E-state index contributed by atoms with van der Waals surface area (Å²) in [6.07, 6.45) is 12.3. The predicted octanol–water partition coefficient (Wildman–Crippen LogP) is 8.02. The van der Waals surface area contributed by atoms with Gasteiger partial charge in [-0.15, -0.1) is 0 Å². The predicted molar refractivity (Wildman–Crippen MR) is 275 cm³/mol. The van der Waals surface area contributed by atoms with Crippen LogP contribution in [-0.2, 0) is 57.1 Å². The molecular formula is C57H91NO14. The van der Waals surface area contributed by atoms with E-state index in [0.29, 0.717) is 70.2 Å². The maximum absolute atomic E-state index is 14.6. The van der Waals surface area contributed by atoms with E-state index in [1.807, 2.05) is 78.8 Å². The highest BCUT2D eigenvalue weighted by molar-refractivity contribution is 6.39. The minimum atomic E-state index is -2.43. The number of cyclic esters (lactones) is 1. The Bertz CT molecular complexity index is 1920. The first-order valence-electron chi connectivity index (χ1n) is 26.7. The summed E-state index contributed by atoms with van der Waals surface area (Å²) in [5.74, 6) is -7.87. The number of allylic oxidation sites excluding steroid dienone is 6. The van der Waals surface area contributed by atoms with Crippen LogP contribution in [0.2, 0.25) is 0 Å². The molecule has 15 nitrogen and oxygen atoms in total. The number of carbonyl (C=O) groups is 5. The van der Waals surface area contributed by atoms with Crippen molar-refractivity contribution >= 4 is 29.2 Å². The molecule has 15 atom stereocenters. The molecule has 408 valence electrons. The van der Waals surface area contributed by atoms with Crippen molar-refractivity contribution < 1.29 is 67.3 Å². The zero-order chi connectivity index (χ0) is 53.5. The van der Waals surface area contributed by atoms with E-state index in [9.17, 15) is 34.2 Å². The fraction of sp³-hybridized carbons (Fsp3) is 0.772. The molecule has 2 saturated heterocycles. The number of rotatable bonds is 10. The molecule has 1 aliphatic carbocycles. The Hall–Kier alpha value is -3.41. The summed E-state index contributed by atoms with van der Waals surface area (Å²) in [5, 5.41) is 23.5. The molecule has 3 aliphatic heterocycles. The van der Waals surface area contributed by atoms with Crippen LogP contribution in [0.15, 0.2) is 47.6 Å². The Morgan fingerprint density at radius 3 is 2.22 bits per heavy atom. The number of esters is 1. The number of carbonyl (C=O) groups excluding carboxylic acids is 5. The van der Waals surface area contributed by atoms with Crippen LogP contribution in [-0.4, -0.2) is 146 Å². The molecule has 2 N–H and O–H groups in total. The maximum atomic E-state index is 14.6. The zero-order valence-electron chi connectivity index (χ0n) is 45.9. The highest BCUT2D eigenvalue weighted by atomic mass is 16.6. The number of Topliss-reactive ketones (excluding diaryl/α,β-unsaturated/α-hetero) is 3. The average molecular weight is 1010 g/mol. The average Bonchev–Trinajstić information content (AvgIpc) is 3.34. The van der Waals surface area contributed by atoms with Gasteiger partial charge in [0.15, 0.2) is 5.78 Å². The van der Waals surface area contributed by atoms with Crippen LogP contribution in [0.25, 0.3) is 0 Å². The normalized spacial score (nSPS) is 36.7. The lowest BCUT2D eigenvalue weighted by Gasteiger charge is -2.42. The topological polar surface area (TPSA) is 194 Å². The van der Waals surface area contributed by atoms with E-state index in [-0.39, 0.29) is 66.5 Å². The van der Waals surface area contributed by atoms with Gasteiger partial charge in [-0.3, -0.25) is 19.2 Å². The Morgan fingerprint density at radius 2 is 1.56 bits per heavy atom. The Labute approximate surface area is 430 Å². The minimum Gasteiger partial charge on any atom is -0.460 e. The molecule has 3 heterocycles. The van der Waals surface area contributed by atoms with Crippen LogP contribution in [0.5, 0.6) is 0 Å². The van der Waals surface area contributed by atoms with Crippen LogP contribution >= 0.6 is 0 Å². The molecule has 0 aromatic rings. The number of fused-ring (bicyclic) bond motifs is 3. The van der Waals surface area contributed by atoms with Gasteiger partial charge in [-0.2, -0.15) is 0 Å². The van der Waals surface area contributed by atoms with Crippen molar-refractivity contribution in [3.8, 4) is 0 Å². The lowest BCUT2D eigenvalue weighted by Crippen LogP contribution is -2.61. The third-order valence-corrected chi connectivity index (χ3v) is 15.4. The third kappa shape index (κ3) is 17.3. The van der Waals surface area contributed by atoms with Gasteiger partial charge in [-0.25, -0.2) is 4.79 Å². The molecule has 3 fully saturated rings. The first-order valence-corrected chi connectivity index (χ1v) is 26.7. The van der Waals surface area contributed by atoms with Gasteiger partial charge in [0.2, 0.25) is 5.79 Å². The van der Waals surface area contributed by atoms with Crippen LogP contribution < -0.4 is 0 Å².